The summed E-state index contributed by atoms with van der Waals surface area (Å²) in [6, 6.07) is 5.33. The van der Waals surface area contributed by atoms with Gasteiger partial charge in [-0.1, -0.05) is 12.1 Å². The van der Waals surface area contributed by atoms with E-state index in [0.29, 0.717) is 23.8 Å². The predicted molar refractivity (Wildman–Crippen MR) is 119 cm³/mol. The summed E-state index contributed by atoms with van der Waals surface area (Å²) >= 11 is 1.96. The van der Waals surface area contributed by atoms with Gasteiger partial charge >= 0.3 is 11.9 Å². The fourth-order valence-corrected chi connectivity index (χ4v) is 5.17. The Morgan fingerprint density at radius 1 is 1.32 bits per heavy atom. The maximum Gasteiger partial charge on any atom is 0.323 e. The van der Waals surface area contributed by atoms with Crippen LogP contribution in [0, 0.1) is 5.92 Å². The number of fused-ring (bicyclic) bond motifs is 1. The molecule has 2 aliphatic rings. The topological polar surface area (TPSA) is 105 Å². The van der Waals surface area contributed by atoms with Gasteiger partial charge in [-0.05, 0) is 62.2 Å². The molecular weight excluding hydrogens is 420 g/mol. The summed E-state index contributed by atoms with van der Waals surface area (Å²) in [5.41, 5.74) is 0.409. The van der Waals surface area contributed by atoms with Gasteiger partial charge < -0.3 is 14.6 Å². The number of para-hydroxylation sites is 2. The van der Waals surface area contributed by atoms with Crippen LogP contribution in [0.1, 0.15) is 32.6 Å². The van der Waals surface area contributed by atoms with Crippen LogP contribution in [-0.4, -0.2) is 66.3 Å². The third-order valence-corrected chi connectivity index (χ3v) is 6.65. The van der Waals surface area contributed by atoms with E-state index in [4.69, 9.17) is 9.47 Å². The number of hydrogen-bond acceptors (Lipinski definition) is 7. The molecule has 0 aromatic heterocycles. The van der Waals surface area contributed by atoms with Gasteiger partial charge in [0.2, 0.25) is 5.91 Å². The van der Waals surface area contributed by atoms with Crippen LogP contribution in [0.2, 0.25) is 0 Å². The Morgan fingerprint density at radius 2 is 2.06 bits per heavy atom. The van der Waals surface area contributed by atoms with E-state index in [2.05, 4.69) is 5.32 Å². The third-order valence-electron chi connectivity index (χ3n) is 5.60. The number of rotatable bonds is 9. The second-order valence-corrected chi connectivity index (χ2v) is 8.98. The van der Waals surface area contributed by atoms with Gasteiger partial charge in [0.15, 0.2) is 0 Å². The molecule has 0 spiro atoms. The Labute approximate surface area is 186 Å². The largest absolute Gasteiger partial charge is 0.489 e. The zero-order valence-electron chi connectivity index (χ0n) is 17.7. The summed E-state index contributed by atoms with van der Waals surface area (Å²) in [6.07, 6.45) is 3.70. The molecule has 0 aliphatic carbocycles. The Morgan fingerprint density at radius 3 is 2.77 bits per heavy atom. The lowest BCUT2D eigenvalue weighted by molar-refractivity contribution is -0.146. The molecule has 0 saturated carbocycles. The number of carbonyl (C=O) groups excluding carboxylic acids is 2. The number of esters is 1. The van der Waals surface area contributed by atoms with Crippen molar-refractivity contribution in [3.05, 3.63) is 24.3 Å². The quantitative estimate of drug-likeness (QED) is 0.552. The summed E-state index contributed by atoms with van der Waals surface area (Å²) in [5, 5.41) is 12.4. The van der Waals surface area contributed by atoms with E-state index in [9.17, 15) is 19.5 Å². The molecule has 1 fully saturated rings. The van der Waals surface area contributed by atoms with Gasteiger partial charge in [-0.3, -0.25) is 24.6 Å². The molecule has 2 heterocycles. The first kappa shape index (κ1) is 23.4. The molecule has 0 radical (unpaired) electrons. The Hall–Kier alpha value is -2.26. The molecule has 1 aromatic carbocycles. The maximum atomic E-state index is 13.2. The van der Waals surface area contributed by atoms with Gasteiger partial charge in [0.1, 0.15) is 31.0 Å². The van der Waals surface area contributed by atoms with E-state index in [0.717, 1.165) is 30.8 Å². The molecule has 8 nitrogen and oxygen atoms in total. The van der Waals surface area contributed by atoms with Crippen LogP contribution in [0.15, 0.2) is 24.3 Å². The average molecular weight is 451 g/mol. The predicted octanol–water partition coefficient (Wildman–Crippen LogP) is 2.31. The third kappa shape index (κ3) is 6.36. The van der Waals surface area contributed by atoms with E-state index in [1.54, 1.807) is 31.2 Å². The van der Waals surface area contributed by atoms with Crippen LogP contribution < -0.4 is 15.0 Å². The van der Waals surface area contributed by atoms with Crippen molar-refractivity contribution >= 4 is 35.3 Å². The van der Waals surface area contributed by atoms with Crippen molar-refractivity contribution in [2.45, 2.75) is 44.7 Å². The van der Waals surface area contributed by atoms with Crippen LogP contribution in [0.25, 0.3) is 0 Å². The van der Waals surface area contributed by atoms with E-state index in [1.165, 1.54) is 4.90 Å². The molecule has 2 atom stereocenters. The standard InChI is InChI=1S/C22H30N2O6S/c1-2-29-22(28)16(8-7-15-9-11-31-12-10-15)23-17-14-30-19-6-4-3-5-18(19)24(21(17)27)13-20(25)26/h3-6,15-17,23H,2,7-14H2,1H3,(H,25,26)/t16-,17-/m0/s1. The molecule has 0 unspecified atom stereocenters. The Bertz CT molecular complexity index is 783. The van der Waals surface area contributed by atoms with Gasteiger partial charge in [-0.15, -0.1) is 0 Å². The Balaban J connectivity index is 1.74. The average Bonchev–Trinajstić information content (AvgIpc) is 2.89. The van der Waals surface area contributed by atoms with Crippen molar-refractivity contribution in [3.8, 4) is 5.75 Å². The van der Waals surface area contributed by atoms with Crippen molar-refractivity contribution in [2.75, 3.05) is 36.2 Å². The number of carboxylic acids is 1. The van der Waals surface area contributed by atoms with Gasteiger partial charge in [0.05, 0.1) is 12.3 Å². The number of nitrogens with one attached hydrogen (secondary N) is 1. The minimum Gasteiger partial charge on any atom is -0.489 e. The van der Waals surface area contributed by atoms with Gasteiger partial charge in [-0.25, -0.2) is 0 Å². The molecule has 9 heteroatoms. The summed E-state index contributed by atoms with van der Waals surface area (Å²) in [6.45, 7) is 1.52. The smallest absolute Gasteiger partial charge is 0.323 e. The number of thioether (sulfide) groups is 1. The first-order valence-corrected chi connectivity index (χ1v) is 11.9. The SMILES string of the molecule is CCOC(=O)[C@H](CCC1CCSCC1)N[C@H]1COc2ccccc2N(CC(=O)O)C1=O. The molecule has 31 heavy (non-hydrogen) atoms. The highest BCUT2D eigenvalue weighted by Gasteiger charge is 2.35. The molecular formula is C22H30N2O6S. The van der Waals surface area contributed by atoms with Crippen LogP contribution in [0.5, 0.6) is 5.75 Å². The minimum atomic E-state index is -1.12. The van der Waals surface area contributed by atoms with E-state index in [1.807, 2.05) is 11.8 Å². The van der Waals surface area contributed by atoms with Crippen molar-refractivity contribution in [1.82, 2.24) is 5.32 Å². The highest BCUT2D eigenvalue weighted by atomic mass is 32.2. The highest BCUT2D eigenvalue weighted by Crippen LogP contribution is 2.31. The van der Waals surface area contributed by atoms with Crippen molar-refractivity contribution in [3.63, 3.8) is 0 Å². The molecule has 1 amide bonds. The van der Waals surface area contributed by atoms with Crippen LogP contribution >= 0.6 is 11.8 Å². The number of aliphatic carboxylic acids is 1. The van der Waals surface area contributed by atoms with Gasteiger partial charge in [-0.2, -0.15) is 11.8 Å². The molecule has 2 N–H and O–H groups in total. The maximum absolute atomic E-state index is 13.2. The number of nitrogens with zero attached hydrogens (tertiary/aromatic N) is 1. The monoisotopic (exact) mass is 450 g/mol. The summed E-state index contributed by atoms with van der Waals surface area (Å²) in [5.74, 6) is 1.32. The Kier molecular flexibility index (Phi) is 8.60. The number of benzene rings is 1. The van der Waals surface area contributed by atoms with Crippen molar-refractivity contribution in [1.29, 1.82) is 0 Å². The van der Waals surface area contributed by atoms with E-state index < -0.39 is 36.5 Å². The molecule has 2 aliphatic heterocycles. The zero-order valence-corrected chi connectivity index (χ0v) is 18.6. The number of carbonyl (C=O) groups is 3. The normalized spacial score (nSPS) is 20.4. The van der Waals surface area contributed by atoms with Crippen LogP contribution in [-0.2, 0) is 19.1 Å². The van der Waals surface area contributed by atoms with Gasteiger partial charge in [0.25, 0.3) is 0 Å². The molecule has 1 aromatic rings. The first-order chi connectivity index (χ1) is 15.0. The lowest BCUT2D eigenvalue weighted by Gasteiger charge is -2.27. The number of carboxylic acid groups (broad SMARTS) is 1. The molecule has 1 saturated heterocycles. The number of amides is 1. The number of anilines is 1. The number of ether oxygens (including phenoxy) is 2. The van der Waals surface area contributed by atoms with Crippen molar-refractivity contribution < 1.29 is 29.0 Å². The number of hydrogen-bond donors (Lipinski definition) is 2. The lowest BCUT2D eigenvalue weighted by atomic mass is 9.94. The lowest BCUT2D eigenvalue weighted by Crippen LogP contribution is -2.55. The summed E-state index contributed by atoms with van der Waals surface area (Å²) < 4.78 is 11.0. The first-order valence-electron chi connectivity index (χ1n) is 10.7. The van der Waals surface area contributed by atoms with Crippen molar-refractivity contribution in [2.24, 2.45) is 5.92 Å². The van der Waals surface area contributed by atoms with Crippen LogP contribution in [0.3, 0.4) is 0 Å². The second-order valence-electron chi connectivity index (χ2n) is 7.75. The summed E-state index contributed by atoms with van der Waals surface area (Å²) in [4.78, 5) is 38.4. The summed E-state index contributed by atoms with van der Waals surface area (Å²) in [7, 11) is 0. The fourth-order valence-electron chi connectivity index (χ4n) is 3.96. The molecule has 0 bridgehead atoms. The van der Waals surface area contributed by atoms with Gasteiger partial charge in [0, 0.05) is 0 Å². The minimum absolute atomic E-state index is 0.00192. The molecule has 170 valence electrons. The highest BCUT2D eigenvalue weighted by molar-refractivity contribution is 7.99. The second kappa shape index (κ2) is 11.4. The van der Waals surface area contributed by atoms with E-state index in [-0.39, 0.29) is 13.2 Å². The van der Waals surface area contributed by atoms with E-state index >= 15 is 0 Å². The van der Waals surface area contributed by atoms with Crippen LogP contribution in [0.4, 0.5) is 5.69 Å². The zero-order chi connectivity index (χ0) is 22.2. The molecule has 3 rings (SSSR count). The fraction of sp³-hybridized carbons (Fsp3) is 0.591.